The molecule has 4 nitrogen and oxygen atoms in total. The van der Waals surface area contributed by atoms with Crippen LogP contribution in [0.3, 0.4) is 0 Å². The van der Waals surface area contributed by atoms with E-state index in [0.29, 0.717) is 0 Å². The molecule has 0 aromatic carbocycles. The quantitative estimate of drug-likeness (QED) is 0.302. The summed E-state index contributed by atoms with van der Waals surface area (Å²) in [6, 6.07) is 0. The fraction of sp³-hybridized carbons (Fsp3) is 0.818. The van der Waals surface area contributed by atoms with Crippen molar-refractivity contribution in [2.24, 2.45) is 0 Å². The number of aliphatic carboxylic acids is 2. The molecule has 0 amide bonds. The van der Waals surface area contributed by atoms with Gasteiger partial charge in [0.25, 0.3) is 0 Å². The third kappa shape index (κ3) is 76.8. The Balaban J connectivity index is -0.0000000807. The van der Waals surface area contributed by atoms with Crippen LogP contribution in [0.25, 0.3) is 0 Å². The van der Waals surface area contributed by atoms with E-state index < -0.39 is 11.9 Å². The molecule has 0 aliphatic carbocycles. The molecule has 0 N–H and O–H groups in total. The molecule has 0 saturated carbocycles. The van der Waals surface area contributed by atoms with Crippen molar-refractivity contribution in [1.29, 1.82) is 0 Å². The van der Waals surface area contributed by atoms with E-state index in [1.165, 1.54) is 78.1 Å². The number of unbranched alkanes of at least 4 members (excludes halogenated alkanes) is 10. The van der Waals surface area contributed by atoms with Crippen molar-refractivity contribution in [2.45, 2.75) is 118 Å². The average molecular weight is 491 g/mol. The summed E-state index contributed by atoms with van der Waals surface area (Å²) in [5.41, 5.74) is 0. The van der Waals surface area contributed by atoms with Crippen LogP contribution in [0.1, 0.15) is 118 Å². The van der Waals surface area contributed by atoms with Crippen LogP contribution in [0.5, 0.6) is 0 Å². The summed E-state index contributed by atoms with van der Waals surface area (Å²) < 4.78 is 0. The topological polar surface area (TPSA) is 80.3 Å². The van der Waals surface area contributed by atoms with Gasteiger partial charge in [0.15, 0.2) is 0 Å². The molecule has 0 saturated heterocycles. The van der Waals surface area contributed by atoms with E-state index in [-0.39, 0.29) is 36.7 Å². The number of rotatable bonds is 12. The second kappa shape index (κ2) is 40.4. The third-order valence-corrected chi connectivity index (χ3v) is 3.28. The van der Waals surface area contributed by atoms with Crippen molar-refractivity contribution in [3.8, 4) is 0 Å². The monoisotopic (exact) mass is 492 g/mol. The predicted molar refractivity (Wildman–Crippen MR) is 114 cm³/mol. The van der Waals surface area contributed by atoms with Crippen LogP contribution in [-0.2, 0) is 9.59 Å². The summed E-state index contributed by atoms with van der Waals surface area (Å²) in [5, 5.41) is 18.5. The van der Waals surface area contributed by atoms with Crippen molar-refractivity contribution in [2.75, 3.05) is 0 Å². The normalized spacial score (nSPS) is 8.52. The van der Waals surface area contributed by atoms with Gasteiger partial charge >= 0.3 is 23.9 Å². The molecule has 0 aliphatic rings. The summed E-state index contributed by atoms with van der Waals surface area (Å²) in [7, 11) is 0. The molecule has 4 radical (unpaired) electrons. The van der Waals surface area contributed by atoms with Gasteiger partial charge in [-0.1, -0.05) is 119 Å². The molecule has 0 unspecified atom stereocenters. The summed E-state index contributed by atoms with van der Waals surface area (Å²) >= 11 is 0. The first kappa shape index (κ1) is 37.5. The Morgan fingerprint density at radius 3 is 0.963 bits per heavy atom. The molecule has 0 atom stereocenters. The van der Waals surface area contributed by atoms with Crippen LogP contribution in [-0.4, -0.2) is 35.8 Å². The molecule has 0 fully saturated rings. The van der Waals surface area contributed by atoms with Crippen molar-refractivity contribution >= 4 is 35.8 Å². The molecule has 5 heteroatoms. The fourth-order valence-electron chi connectivity index (χ4n) is 1.56. The van der Waals surface area contributed by atoms with Crippen molar-refractivity contribution in [3.05, 3.63) is 13.8 Å². The Hall–Kier alpha value is -0.261. The van der Waals surface area contributed by atoms with E-state index >= 15 is 0 Å². The summed E-state index contributed by atoms with van der Waals surface area (Å²) in [4.78, 5) is 18.5. The summed E-state index contributed by atoms with van der Waals surface area (Å²) in [6.45, 7) is 15.1. The predicted octanol–water partition coefficient (Wildman–Crippen LogP) is 4.27. The maximum absolute atomic E-state index is 9.26. The van der Waals surface area contributed by atoms with Gasteiger partial charge in [0, 0.05) is 11.9 Å². The van der Waals surface area contributed by atoms with E-state index in [0.717, 1.165) is 12.8 Å². The molecule has 0 rings (SSSR count). The number of carbonyl (C=O) groups excluding carboxylic acids is 2. The Kier molecular flexibility index (Phi) is 56.1. The SMILES string of the molecule is CCC(=O)[O-].CCC(=O)[O-].[CH2]CCCCCCC.[CH2]CCCCCCC.[Sn+2]. The van der Waals surface area contributed by atoms with Gasteiger partial charge in [-0.05, 0) is 12.8 Å². The first-order valence-corrected chi connectivity index (χ1v) is 10.4. The summed E-state index contributed by atoms with van der Waals surface area (Å²) in [5.74, 6) is -1.99. The Labute approximate surface area is 186 Å². The van der Waals surface area contributed by atoms with E-state index in [9.17, 15) is 19.8 Å². The van der Waals surface area contributed by atoms with Gasteiger partial charge in [0.05, 0.1) is 0 Å². The Bertz CT molecular complexity index is 221. The number of carboxylic acid groups (broad SMARTS) is 2. The van der Waals surface area contributed by atoms with Gasteiger partial charge in [0.1, 0.15) is 0 Å². The third-order valence-electron chi connectivity index (χ3n) is 3.28. The molecule has 0 aliphatic heterocycles. The maximum Gasteiger partial charge on any atom is 2.00 e. The zero-order valence-electron chi connectivity index (χ0n) is 18.4. The first-order valence-electron chi connectivity index (χ1n) is 10.4. The zero-order valence-corrected chi connectivity index (χ0v) is 21.3. The molecule has 27 heavy (non-hydrogen) atoms. The van der Waals surface area contributed by atoms with Gasteiger partial charge < -0.3 is 19.8 Å². The molecule has 0 heterocycles. The van der Waals surface area contributed by atoms with Crippen LogP contribution in [0.15, 0.2) is 0 Å². The van der Waals surface area contributed by atoms with Crippen LogP contribution in [0.4, 0.5) is 0 Å². The van der Waals surface area contributed by atoms with Gasteiger partial charge in [-0.2, -0.15) is 0 Å². The Morgan fingerprint density at radius 2 is 0.815 bits per heavy atom. The zero-order chi connectivity index (χ0) is 21.1. The molecule has 0 aromatic rings. The minimum Gasteiger partial charge on any atom is -0.550 e. The van der Waals surface area contributed by atoms with Crippen molar-refractivity contribution < 1.29 is 19.8 Å². The molecule has 0 spiro atoms. The number of carbonyl (C=O) groups is 2. The standard InChI is InChI=1S/2C8H17.2C3H6O2.Sn/c2*1-3-5-7-8-6-4-2;2*1-2-3(4)5;/h2*1,3-8H2,2H3;2*2H2,1H3,(H,4,5);/q;;;;+2/p-2. The van der Waals surface area contributed by atoms with Crippen molar-refractivity contribution in [1.82, 2.24) is 0 Å². The number of carboxylic acids is 2. The number of hydrogen-bond acceptors (Lipinski definition) is 4. The second-order valence-corrected chi connectivity index (χ2v) is 5.99. The molecule has 0 bridgehead atoms. The summed E-state index contributed by atoms with van der Waals surface area (Å²) in [6.07, 6.45) is 16.2. The molecular weight excluding hydrogens is 447 g/mol. The maximum atomic E-state index is 9.26. The smallest absolute Gasteiger partial charge is 0.550 e. The van der Waals surface area contributed by atoms with Gasteiger partial charge in [0.2, 0.25) is 0 Å². The first-order chi connectivity index (χ1) is 12.4. The minimum atomic E-state index is -0.995. The van der Waals surface area contributed by atoms with Crippen LogP contribution >= 0.6 is 0 Å². The van der Waals surface area contributed by atoms with E-state index in [1.54, 1.807) is 0 Å². The van der Waals surface area contributed by atoms with Crippen LogP contribution in [0.2, 0.25) is 0 Å². The Morgan fingerprint density at radius 1 is 0.593 bits per heavy atom. The molecular formula is C22H44O4Sn. The van der Waals surface area contributed by atoms with Gasteiger partial charge in [-0.15, -0.1) is 0 Å². The van der Waals surface area contributed by atoms with Crippen LogP contribution in [0, 0.1) is 13.8 Å². The van der Waals surface area contributed by atoms with Gasteiger partial charge in [-0.3, -0.25) is 0 Å². The molecule has 0 aromatic heterocycles. The average Bonchev–Trinajstić information content (AvgIpc) is 2.64. The largest absolute Gasteiger partial charge is 2.00 e. The number of hydrogen-bond donors (Lipinski definition) is 0. The van der Waals surface area contributed by atoms with E-state index in [2.05, 4.69) is 27.7 Å². The molecule has 160 valence electrons. The van der Waals surface area contributed by atoms with Gasteiger partial charge in [-0.25, -0.2) is 0 Å². The second-order valence-electron chi connectivity index (χ2n) is 5.99. The van der Waals surface area contributed by atoms with Crippen molar-refractivity contribution in [3.63, 3.8) is 0 Å². The fourth-order valence-corrected chi connectivity index (χ4v) is 1.56. The minimum absolute atomic E-state index is 0. The van der Waals surface area contributed by atoms with Crippen LogP contribution < -0.4 is 10.2 Å². The van der Waals surface area contributed by atoms with E-state index in [4.69, 9.17) is 0 Å². The van der Waals surface area contributed by atoms with E-state index in [1.807, 2.05) is 0 Å².